The van der Waals surface area contributed by atoms with Crippen LogP contribution in [0.15, 0.2) is 46.9 Å². The molecule has 2 aromatic rings. The summed E-state index contributed by atoms with van der Waals surface area (Å²) in [6.45, 7) is 1.91. The molecule has 0 radical (unpaired) electrons. The van der Waals surface area contributed by atoms with Gasteiger partial charge in [-0.3, -0.25) is 4.79 Å². The summed E-state index contributed by atoms with van der Waals surface area (Å²) in [7, 11) is 3.21. The largest absolute Gasteiger partial charge is 0.497 e. The van der Waals surface area contributed by atoms with Crippen LogP contribution in [0.3, 0.4) is 0 Å². The molecule has 2 aromatic carbocycles. The van der Waals surface area contributed by atoms with Crippen LogP contribution in [0.4, 0.5) is 0 Å². The van der Waals surface area contributed by atoms with Gasteiger partial charge in [0.25, 0.3) is 5.91 Å². The number of ether oxygens (including phenoxy) is 2. The van der Waals surface area contributed by atoms with Crippen LogP contribution in [0, 0.1) is 0 Å². The number of hydrogen-bond acceptors (Lipinski definition) is 3. The summed E-state index contributed by atoms with van der Waals surface area (Å²) in [5, 5.41) is 2.97. The highest BCUT2D eigenvalue weighted by Gasteiger charge is 2.16. The van der Waals surface area contributed by atoms with Crippen molar-refractivity contribution in [2.45, 2.75) is 13.0 Å². The van der Waals surface area contributed by atoms with Crippen molar-refractivity contribution in [2.75, 3.05) is 14.2 Å². The highest BCUT2D eigenvalue weighted by Crippen LogP contribution is 2.29. The minimum atomic E-state index is -0.212. The van der Waals surface area contributed by atoms with E-state index in [4.69, 9.17) is 9.47 Å². The van der Waals surface area contributed by atoms with E-state index >= 15 is 0 Å². The molecule has 0 aliphatic rings. The molecule has 22 heavy (non-hydrogen) atoms. The number of benzene rings is 2. The Morgan fingerprint density at radius 2 is 1.91 bits per heavy atom. The molecular formula is C17H18BrNO3. The molecule has 5 heteroatoms. The van der Waals surface area contributed by atoms with Crippen molar-refractivity contribution in [3.05, 3.63) is 58.1 Å². The second-order valence-electron chi connectivity index (χ2n) is 4.81. The van der Waals surface area contributed by atoms with Crippen LogP contribution in [0.1, 0.15) is 28.9 Å². The van der Waals surface area contributed by atoms with Gasteiger partial charge in [-0.15, -0.1) is 0 Å². The summed E-state index contributed by atoms with van der Waals surface area (Å²) in [4.78, 5) is 12.3. The van der Waals surface area contributed by atoms with Crippen LogP contribution in [0.2, 0.25) is 0 Å². The zero-order chi connectivity index (χ0) is 16.1. The van der Waals surface area contributed by atoms with Crippen LogP contribution in [-0.2, 0) is 0 Å². The fourth-order valence-electron chi connectivity index (χ4n) is 2.17. The first-order chi connectivity index (χ1) is 10.5. The van der Waals surface area contributed by atoms with Gasteiger partial charge in [0.15, 0.2) is 0 Å². The quantitative estimate of drug-likeness (QED) is 0.874. The monoisotopic (exact) mass is 363 g/mol. The van der Waals surface area contributed by atoms with Crippen molar-refractivity contribution >= 4 is 21.8 Å². The van der Waals surface area contributed by atoms with Gasteiger partial charge < -0.3 is 14.8 Å². The zero-order valence-electron chi connectivity index (χ0n) is 12.7. The average molecular weight is 364 g/mol. The first-order valence-electron chi connectivity index (χ1n) is 6.83. The Kier molecular flexibility index (Phi) is 5.44. The molecule has 0 saturated carbocycles. The van der Waals surface area contributed by atoms with Crippen molar-refractivity contribution in [1.29, 1.82) is 0 Å². The first kappa shape index (κ1) is 16.4. The molecule has 1 amide bonds. The van der Waals surface area contributed by atoms with Gasteiger partial charge in [0, 0.05) is 15.6 Å². The number of rotatable bonds is 5. The van der Waals surface area contributed by atoms with Crippen molar-refractivity contribution < 1.29 is 14.3 Å². The van der Waals surface area contributed by atoms with Crippen molar-refractivity contribution in [3.63, 3.8) is 0 Å². The highest BCUT2D eigenvalue weighted by atomic mass is 79.9. The van der Waals surface area contributed by atoms with E-state index in [0.717, 1.165) is 15.8 Å². The van der Waals surface area contributed by atoms with Crippen molar-refractivity contribution in [3.8, 4) is 11.5 Å². The van der Waals surface area contributed by atoms with E-state index in [1.54, 1.807) is 26.4 Å². The molecule has 0 bridgehead atoms. The molecule has 2 rings (SSSR count). The fourth-order valence-corrected chi connectivity index (χ4v) is 2.56. The number of carbonyl (C=O) groups excluding carboxylic acids is 1. The lowest BCUT2D eigenvalue weighted by Crippen LogP contribution is -2.27. The van der Waals surface area contributed by atoms with Gasteiger partial charge in [-0.2, -0.15) is 0 Å². The Hall–Kier alpha value is -2.01. The van der Waals surface area contributed by atoms with Crippen molar-refractivity contribution in [1.82, 2.24) is 5.32 Å². The Balaban J connectivity index is 2.21. The third kappa shape index (κ3) is 3.80. The fraction of sp³-hybridized carbons (Fsp3) is 0.235. The lowest BCUT2D eigenvalue weighted by Gasteiger charge is -2.18. The molecule has 0 unspecified atom stereocenters. The van der Waals surface area contributed by atoms with Gasteiger partial charge in [0.1, 0.15) is 11.5 Å². The van der Waals surface area contributed by atoms with Gasteiger partial charge in [0.05, 0.1) is 20.3 Å². The normalized spacial score (nSPS) is 11.6. The molecule has 0 saturated heterocycles. The minimum absolute atomic E-state index is 0.140. The number of carbonyl (C=O) groups is 1. The van der Waals surface area contributed by atoms with E-state index in [0.29, 0.717) is 11.3 Å². The minimum Gasteiger partial charge on any atom is -0.497 e. The van der Waals surface area contributed by atoms with E-state index in [2.05, 4.69) is 21.2 Å². The maximum Gasteiger partial charge on any atom is 0.251 e. The van der Waals surface area contributed by atoms with Gasteiger partial charge >= 0.3 is 0 Å². The van der Waals surface area contributed by atoms with Crippen LogP contribution >= 0.6 is 15.9 Å². The van der Waals surface area contributed by atoms with Crippen LogP contribution in [0.5, 0.6) is 11.5 Å². The zero-order valence-corrected chi connectivity index (χ0v) is 14.3. The molecular weight excluding hydrogens is 346 g/mol. The van der Waals surface area contributed by atoms with E-state index in [1.165, 1.54) is 0 Å². The number of hydrogen-bond donors (Lipinski definition) is 1. The highest BCUT2D eigenvalue weighted by molar-refractivity contribution is 9.10. The Bertz CT molecular complexity index is 673. The maximum absolute atomic E-state index is 12.3. The summed E-state index contributed by atoms with van der Waals surface area (Å²) < 4.78 is 11.5. The van der Waals surface area contributed by atoms with E-state index < -0.39 is 0 Å². The second-order valence-corrected chi connectivity index (χ2v) is 5.73. The molecule has 0 aliphatic carbocycles. The van der Waals surface area contributed by atoms with Gasteiger partial charge in [0.2, 0.25) is 0 Å². The molecule has 116 valence electrons. The first-order valence-corrected chi connectivity index (χ1v) is 7.62. The van der Waals surface area contributed by atoms with Gasteiger partial charge in [-0.1, -0.05) is 22.0 Å². The predicted octanol–water partition coefficient (Wildman–Crippen LogP) is 3.96. The van der Waals surface area contributed by atoms with E-state index in [-0.39, 0.29) is 11.9 Å². The predicted molar refractivity (Wildman–Crippen MR) is 89.6 cm³/mol. The molecule has 0 spiro atoms. The third-order valence-electron chi connectivity index (χ3n) is 3.34. The molecule has 4 nitrogen and oxygen atoms in total. The molecule has 1 atom stereocenters. The number of nitrogens with one attached hydrogen (secondary N) is 1. The number of amides is 1. The summed E-state index contributed by atoms with van der Waals surface area (Å²) in [5.74, 6) is 1.29. The Labute approximate surface area is 138 Å². The van der Waals surface area contributed by atoms with Crippen LogP contribution in [0.25, 0.3) is 0 Å². The Morgan fingerprint density at radius 3 is 2.55 bits per heavy atom. The molecule has 0 aromatic heterocycles. The SMILES string of the molecule is COc1ccc(OC)c([C@H](C)NC(=O)c2cccc(Br)c2)c1. The van der Waals surface area contributed by atoms with Crippen molar-refractivity contribution in [2.24, 2.45) is 0 Å². The van der Waals surface area contributed by atoms with Gasteiger partial charge in [-0.05, 0) is 43.3 Å². The summed E-state index contributed by atoms with van der Waals surface area (Å²) in [6.07, 6.45) is 0. The topological polar surface area (TPSA) is 47.6 Å². The molecule has 0 aliphatic heterocycles. The van der Waals surface area contributed by atoms with E-state index in [1.807, 2.05) is 37.3 Å². The average Bonchev–Trinajstić information content (AvgIpc) is 2.54. The third-order valence-corrected chi connectivity index (χ3v) is 3.83. The standard InChI is InChI=1S/C17H18BrNO3/c1-11(15-10-14(21-2)7-8-16(15)22-3)19-17(20)12-5-4-6-13(18)9-12/h4-11H,1-3H3,(H,19,20)/t11-/m0/s1. The molecule has 1 N–H and O–H groups in total. The summed E-state index contributed by atoms with van der Waals surface area (Å²) in [5.41, 5.74) is 1.47. The van der Waals surface area contributed by atoms with Gasteiger partial charge in [-0.25, -0.2) is 0 Å². The lowest BCUT2D eigenvalue weighted by atomic mass is 10.1. The number of methoxy groups -OCH3 is 2. The lowest BCUT2D eigenvalue weighted by molar-refractivity contribution is 0.0939. The number of halogens is 1. The Morgan fingerprint density at radius 1 is 1.14 bits per heavy atom. The summed E-state index contributed by atoms with van der Waals surface area (Å²) in [6, 6.07) is 12.6. The maximum atomic E-state index is 12.3. The van der Waals surface area contributed by atoms with Crippen LogP contribution in [-0.4, -0.2) is 20.1 Å². The van der Waals surface area contributed by atoms with Crippen LogP contribution < -0.4 is 14.8 Å². The second kappa shape index (κ2) is 7.31. The van der Waals surface area contributed by atoms with E-state index in [9.17, 15) is 4.79 Å². The summed E-state index contributed by atoms with van der Waals surface area (Å²) >= 11 is 3.37. The molecule has 0 heterocycles. The smallest absolute Gasteiger partial charge is 0.251 e. The molecule has 0 fully saturated rings.